The number of aryl methyl sites for hydroxylation is 1. The first kappa shape index (κ1) is 31.2. The number of carboxylic acid groups (broad SMARTS) is 1. The van der Waals surface area contributed by atoms with E-state index in [2.05, 4.69) is 34.7 Å². The maximum absolute atomic E-state index is 13.4. The van der Waals surface area contributed by atoms with Crippen molar-refractivity contribution in [1.82, 2.24) is 10.2 Å². The first-order chi connectivity index (χ1) is 19.9. The van der Waals surface area contributed by atoms with E-state index in [9.17, 15) is 14.7 Å². The monoisotopic (exact) mass is 592 g/mol. The van der Waals surface area contributed by atoms with Crippen molar-refractivity contribution in [1.29, 1.82) is 0 Å². The molecule has 1 aliphatic rings. The number of ether oxygens (including phenoxy) is 1. The van der Waals surface area contributed by atoms with Crippen LogP contribution >= 0.6 is 23.5 Å². The Morgan fingerprint density at radius 2 is 1.78 bits per heavy atom. The van der Waals surface area contributed by atoms with Crippen LogP contribution in [0.3, 0.4) is 0 Å². The van der Waals surface area contributed by atoms with Crippen LogP contribution in [-0.4, -0.2) is 70.6 Å². The number of nitrogens with one attached hydrogen (secondary N) is 1. The van der Waals surface area contributed by atoms with Crippen molar-refractivity contribution < 1.29 is 19.4 Å². The number of amides is 1. The van der Waals surface area contributed by atoms with Gasteiger partial charge in [-0.2, -0.15) is 23.5 Å². The highest BCUT2D eigenvalue weighted by atomic mass is 32.2. The van der Waals surface area contributed by atoms with Crippen LogP contribution in [0, 0.1) is 6.92 Å². The van der Waals surface area contributed by atoms with E-state index in [1.54, 1.807) is 11.8 Å². The molecule has 3 atom stereocenters. The third-order valence-corrected chi connectivity index (χ3v) is 9.26. The predicted molar refractivity (Wildman–Crippen MR) is 171 cm³/mol. The summed E-state index contributed by atoms with van der Waals surface area (Å²) < 4.78 is 6.15. The van der Waals surface area contributed by atoms with E-state index >= 15 is 0 Å². The molecule has 2 N–H and O–H groups in total. The van der Waals surface area contributed by atoms with Crippen LogP contribution in [-0.2, 0) is 22.7 Å². The maximum atomic E-state index is 13.4. The number of carboxylic acids is 1. The minimum atomic E-state index is -1.01. The highest BCUT2D eigenvalue weighted by Crippen LogP contribution is 2.32. The normalized spacial score (nSPS) is 17.8. The first-order valence-electron chi connectivity index (χ1n) is 14.0. The molecule has 0 aliphatic carbocycles. The van der Waals surface area contributed by atoms with Crippen molar-refractivity contribution in [3.05, 3.63) is 95.1 Å². The van der Waals surface area contributed by atoms with E-state index in [4.69, 9.17) is 4.74 Å². The molecule has 1 heterocycles. The van der Waals surface area contributed by atoms with Crippen LogP contribution < -0.4 is 5.32 Å². The molecule has 3 aromatic rings. The fourth-order valence-corrected chi connectivity index (χ4v) is 6.54. The molecule has 41 heavy (non-hydrogen) atoms. The summed E-state index contributed by atoms with van der Waals surface area (Å²) in [5.41, 5.74) is 5.64. The lowest BCUT2D eigenvalue weighted by atomic mass is 9.93. The van der Waals surface area contributed by atoms with Gasteiger partial charge in [-0.15, -0.1) is 0 Å². The number of hydrogen-bond donors (Lipinski definition) is 2. The van der Waals surface area contributed by atoms with Gasteiger partial charge in [0.15, 0.2) is 0 Å². The van der Waals surface area contributed by atoms with Gasteiger partial charge in [-0.1, -0.05) is 60.7 Å². The lowest BCUT2D eigenvalue weighted by Crippen LogP contribution is -2.41. The van der Waals surface area contributed by atoms with Crippen molar-refractivity contribution in [3.63, 3.8) is 0 Å². The van der Waals surface area contributed by atoms with Crippen LogP contribution in [0.15, 0.2) is 72.8 Å². The van der Waals surface area contributed by atoms with Crippen molar-refractivity contribution in [3.8, 4) is 11.1 Å². The number of benzene rings is 3. The molecule has 0 spiro atoms. The average molecular weight is 593 g/mol. The minimum absolute atomic E-state index is 0.314. The van der Waals surface area contributed by atoms with Gasteiger partial charge in [-0.3, -0.25) is 9.69 Å². The summed E-state index contributed by atoms with van der Waals surface area (Å²) in [4.78, 5) is 27.8. The molecule has 218 valence electrons. The summed E-state index contributed by atoms with van der Waals surface area (Å²) in [6.45, 7) is 5.04. The number of nitrogens with zero attached hydrogens (tertiary/aromatic N) is 1. The molecule has 0 saturated carbocycles. The fraction of sp³-hybridized carbons (Fsp3) is 0.394. The zero-order valence-electron chi connectivity index (χ0n) is 24.0. The standard InChI is InChI=1S/C33H40N2O4S2/c1-23-9-7-8-12-28(23)30-17-25(13-14-29(30)32(36)34-31(33(37)38)15-16-40-2)19-35-20-27(41-3)18-26(35)22-39-21-24-10-5-4-6-11-24/h4-14,17,26-27,31H,15-16,18-22H2,1-3H3,(H,34,36)(H,37,38)/t26-,27?,31+/m1/s1. The number of hydrogen-bond acceptors (Lipinski definition) is 6. The lowest BCUT2D eigenvalue weighted by Gasteiger charge is -2.25. The molecule has 1 unspecified atom stereocenters. The molecule has 6 nitrogen and oxygen atoms in total. The average Bonchev–Trinajstić information content (AvgIpc) is 3.37. The summed E-state index contributed by atoms with van der Waals surface area (Å²) in [7, 11) is 0. The van der Waals surface area contributed by atoms with Crippen molar-refractivity contribution in [2.45, 2.75) is 50.3 Å². The van der Waals surface area contributed by atoms with Crippen LogP contribution in [0.5, 0.6) is 0 Å². The Labute approximate surface area is 252 Å². The Morgan fingerprint density at radius 1 is 1.02 bits per heavy atom. The molecule has 1 amide bonds. The minimum Gasteiger partial charge on any atom is -0.480 e. The second-order valence-corrected chi connectivity index (χ2v) is 12.6. The quantitative estimate of drug-likeness (QED) is 0.234. The van der Waals surface area contributed by atoms with Gasteiger partial charge in [0.05, 0.1) is 13.2 Å². The Bertz CT molecular complexity index is 1300. The van der Waals surface area contributed by atoms with Crippen molar-refractivity contribution >= 4 is 35.4 Å². The third-order valence-electron chi connectivity index (χ3n) is 7.61. The van der Waals surface area contributed by atoms with Crippen molar-refractivity contribution in [2.24, 2.45) is 0 Å². The molecule has 8 heteroatoms. The predicted octanol–water partition coefficient (Wildman–Crippen LogP) is 6.12. The zero-order valence-corrected chi connectivity index (χ0v) is 25.7. The Hall–Kier alpha value is -2.78. The second kappa shape index (κ2) is 15.4. The van der Waals surface area contributed by atoms with Gasteiger partial charge in [0.25, 0.3) is 5.91 Å². The molecular formula is C33H40N2O4S2. The van der Waals surface area contributed by atoms with Gasteiger partial charge in [0.2, 0.25) is 0 Å². The van der Waals surface area contributed by atoms with Crippen LogP contribution in [0.1, 0.15) is 39.9 Å². The van der Waals surface area contributed by atoms with Crippen LogP contribution in [0.2, 0.25) is 0 Å². The maximum Gasteiger partial charge on any atom is 0.326 e. The van der Waals surface area contributed by atoms with E-state index in [1.165, 1.54) is 5.56 Å². The lowest BCUT2D eigenvalue weighted by molar-refractivity contribution is -0.139. The molecule has 1 aliphatic heterocycles. The molecular weight excluding hydrogens is 553 g/mol. The van der Waals surface area contributed by atoms with Crippen LogP contribution in [0.4, 0.5) is 0 Å². The Morgan fingerprint density at radius 3 is 2.49 bits per heavy atom. The molecule has 1 fully saturated rings. The highest BCUT2D eigenvalue weighted by molar-refractivity contribution is 7.99. The second-order valence-electron chi connectivity index (χ2n) is 10.5. The van der Waals surface area contributed by atoms with Gasteiger partial charge in [-0.25, -0.2) is 4.79 Å². The summed E-state index contributed by atoms with van der Waals surface area (Å²) in [5, 5.41) is 13.0. The van der Waals surface area contributed by atoms with E-state index < -0.39 is 12.0 Å². The molecule has 0 radical (unpaired) electrons. The molecule has 0 bridgehead atoms. The zero-order chi connectivity index (χ0) is 29.2. The van der Waals surface area contributed by atoms with Gasteiger partial charge in [0.1, 0.15) is 6.04 Å². The smallest absolute Gasteiger partial charge is 0.326 e. The molecule has 4 rings (SSSR count). The van der Waals surface area contributed by atoms with Gasteiger partial charge in [0, 0.05) is 29.9 Å². The number of carbonyl (C=O) groups excluding carboxylic acids is 1. The Balaban J connectivity index is 1.55. The van der Waals surface area contributed by atoms with E-state index in [1.807, 2.05) is 79.5 Å². The number of thioether (sulfide) groups is 2. The topological polar surface area (TPSA) is 78.9 Å². The number of rotatable bonds is 14. The van der Waals surface area contributed by atoms with Crippen molar-refractivity contribution in [2.75, 3.05) is 31.4 Å². The van der Waals surface area contributed by atoms with E-state index in [-0.39, 0.29) is 5.91 Å². The molecule has 0 aromatic heterocycles. The summed E-state index contributed by atoms with van der Waals surface area (Å²) in [6, 6.07) is 23.6. The summed E-state index contributed by atoms with van der Waals surface area (Å²) in [5.74, 6) is -0.720. The van der Waals surface area contributed by atoms with E-state index in [0.717, 1.165) is 41.8 Å². The summed E-state index contributed by atoms with van der Waals surface area (Å²) >= 11 is 3.47. The SMILES string of the molecule is CSCC[C@H](NC(=O)c1ccc(CN2CC(SC)C[C@@H]2COCc2ccccc2)cc1-c1ccccc1C)C(=O)O. The van der Waals surface area contributed by atoms with Gasteiger partial charge >= 0.3 is 5.97 Å². The number of likely N-dealkylation sites (tertiary alicyclic amines) is 1. The third kappa shape index (κ3) is 8.61. The number of carbonyl (C=O) groups is 2. The largest absolute Gasteiger partial charge is 0.480 e. The number of aliphatic carboxylic acids is 1. The highest BCUT2D eigenvalue weighted by Gasteiger charge is 2.32. The van der Waals surface area contributed by atoms with Gasteiger partial charge in [-0.05, 0) is 78.0 Å². The van der Waals surface area contributed by atoms with E-state index in [0.29, 0.717) is 42.2 Å². The first-order valence-corrected chi connectivity index (χ1v) is 16.7. The summed E-state index contributed by atoms with van der Waals surface area (Å²) in [6.07, 6.45) is 5.55. The molecule has 1 saturated heterocycles. The fourth-order valence-electron chi connectivity index (χ4n) is 5.31. The Kier molecular flexibility index (Phi) is 11.7. The van der Waals surface area contributed by atoms with Gasteiger partial charge < -0.3 is 15.2 Å². The van der Waals surface area contributed by atoms with Crippen LogP contribution in [0.25, 0.3) is 11.1 Å². The molecule has 3 aromatic carbocycles.